The van der Waals surface area contributed by atoms with Gasteiger partial charge in [0.2, 0.25) is 0 Å². The predicted molar refractivity (Wildman–Crippen MR) is 86.1 cm³/mol. The molecular weight excluding hydrogens is 368 g/mol. The SMILES string of the molecule is CC(Cc1ccc(Br)cc1)NCc1cccc(Br)n1. The molecule has 2 rings (SSSR count). The normalized spacial score (nSPS) is 12.4. The summed E-state index contributed by atoms with van der Waals surface area (Å²) in [6, 6.07) is 14.9. The second-order valence-corrected chi connectivity index (χ2v) is 6.29. The van der Waals surface area contributed by atoms with Gasteiger partial charge in [-0.15, -0.1) is 0 Å². The van der Waals surface area contributed by atoms with Crippen LogP contribution in [-0.4, -0.2) is 11.0 Å². The Morgan fingerprint density at radius 3 is 2.53 bits per heavy atom. The average molecular weight is 384 g/mol. The summed E-state index contributed by atoms with van der Waals surface area (Å²) in [6.07, 6.45) is 1.02. The van der Waals surface area contributed by atoms with Crippen molar-refractivity contribution in [1.82, 2.24) is 10.3 Å². The van der Waals surface area contributed by atoms with Gasteiger partial charge < -0.3 is 5.32 Å². The molecule has 0 spiro atoms. The molecule has 1 atom stereocenters. The molecule has 1 unspecified atom stereocenters. The van der Waals surface area contributed by atoms with E-state index >= 15 is 0 Å². The molecule has 1 N–H and O–H groups in total. The zero-order valence-electron chi connectivity index (χ0n) is 10.7. The van der Waals surface area contributed by atoms with Gasteiger partial charge >= 0.3 is 0 Å². The highest BCUT2D eigenvalue weighted by Gasteiger charge is 2.04. The van der Waals surface area contributed by atoms with Crippen LogP contribution in [0.2, 0.25) is 0 Å². The van der Waals surface area contributed by atoms with Crippen molar-refractivity contribution in [3.05, 3.63) is 62.8 Å². The third-order valence-electron chi connectivity index (χ3n) is 2.86. The van der Waals surface area contributed by atoms with Crippen LogP contribution >= 0.6 is 31.9 Å². The van der Waals surface area contributed by atoms with Crippen molar-refractivity contribution in [3.63, 3.8) is 0 Å². The van der Waals surface area contributed by atoms with Crippen molar-refractivity contribution in [2.75, 3.05) is 0 Å². The van der Waals surface area contributed by atoms with Gasteiger partial charge in [-0.2, -0.15) is 0 Å². The molecule has 1 aromatic heterocycles. The lowest BCUT2D eigenvalue weighted by Gasteiger charge is -2.13. The van der Waals surface area contributed by atoms with Crippen LogP contribution in [0.15, 0.2) is 51.5 Å². The fourth-order valence-electron chi connectivity index (χ4n) is 1.87. The Morgan fingerprint density at radius 1 is 1.11 bits per heavy atom. The first kappa shape index (κ1) is 14.7. The third-order valence-corrected chi connectivity index (χ3v) is 3.83. The molecule has 0 radical (unpaired) electrons. The molecule has 0 saturated heterocycles. The summed E-state index contributed by atoms with van der Waals surface area (Å²) in [5.74, 6) is 0. The number of aromatic nitrogens is 1. The number of halogens is 2. The van der Waals surface area contributed by atoms with Crippen molar-refractivity contribution in [3.8, 4) is 0 Å². The molecule has 2 nitrogen and oxygen atoms in total. The highest BCUT2D eigenvalue weighted by molar-refractivity contribution is 9.10. The van der Waals surface area contributed by atoms with E-state index in [0.29, 0.717) is 6.04 Å². The van der Waals surface area contributed by atoms with Crippen LogP contribution in [0.25, 0.3) is 0 Å². The molecule has 0 bridgehead atoms. The zero-order valence-corrected chi connectivity index (χ0v) is 13.9. The minimum Gasteiger partial charge on any atom is -0.308 e. The molecule has 19 heavy (non-hydrogen) atoms. The number of benzene rings is 1. The van der Waals surface area contributed by atoms with E-state index in [2.05, 4.69) is 73.3 Å². The summed E-state index contributed by atoms with van der Waals surface area (Å²) in [6.45, 7) is 2.98. The topological polar surface area (TPSA) is 24.9 Å². The molecule has 100 valence electrons. The number of pyridine rings is 1. The van der Waals surface area contributed by atoms with E-state index < -0.39 is 0 Å². The van der Waals surface area contributed by atoms with Crippen LogP contribution in [0.5, 0.6) is 0 Å². The molecule has 0 aliphatic rings. The molecule has 2 aromatic rings. The van der Waals surface area contributed by atoms with Crippen molar-refractivity contribution in [2.24, 2.45) is 0 Å². The minimum absolute atomic E-state index is 0.418. The Morgan fingerprint density at radius 2 is 1.84 bits per heavy atom. The van der Waals surface area contributed by atoms with Gasteiger partial charge in [0.05, 0.1) is 5.69 Å². The molecule has 0 amide bonds. The highest BCUT2D eigenvalue weighted by Crippen LogP contribution is 2.12. The summed E-state index contributed by atoms with van der Waals surface area (Å²) >= 11 is 6.84. The maximum atomic E-state index is 4.41. The second kappa shape index (κ2) is 7.17. The zero-order chi connectivity index (χ0) is 13.7. The van der Waals surface area contributed by atoms with Crippen LogP contribution in [0.4, 0.5) is 0 Å². The molecule has 0 fully saturated rings. The Balaban J connectivity index is 1.84. The third kappa shape index (κ3) is 5.05. The number of rotatable bonds is 5. The Labute approximate surface area is 130 Å². The van der Waals surface area contributed by atoms with Crippen LogP contribution in [0.1, 0.15) is 18.2 Å². The van der Waals surface area contributed by atoms with E-state index in [1.807, 2.05) is 18.2 Å². The number of hydrogen-bond acceptors (Lipinski definition) is 2. The quantitative estimate of drug-likeness (QED) is 0.777. The van der Waals surface area contributed by atoms with E-state index in [1.165, 1.54) is 5.56 Å². The summed E-state index contributed by atoms with van der Waals surface area (Å²) in [5.41, 5.74) is 2.39. The van der Waals surface area contributed by atoms with E-state index in [9.17, 15) is 0 Å². The van der Waals surface area contributed by atoms with E-state index in [4.69, 9.17) is 0 Å². The summed E-state index contributed by atoms with van der Waals surface area (Å²) in [7, 11) is 0. The maximum Gasteiger partial charge on any atom is 0.106 e. The first-order valence-corrected chi connectivity index (χ1v) is 7.81. The second-order valence-electron chi connectivity index (χ2n) is 4.56. The van der Waals surface area contributed by atoms with Gasteiger partial charge in [0.25, 0.3) is 0 Å². The first-order valence-electron chi connectivity index (χ1n) is 6.23. The van der Waals surface area contributed by atoms with Crippen molar-refractivity contribution < 1.29 is 0 Å². The van der Waals surface area contributed by atoms with Crippen LogP contribution < -0.4 is 5.32 Å². The highest BCUT2D eigenvalue weighted by atomic mass is 79.9. The fourth-order valence-corrected chi connectivity index (χ4v) is 2.52. The Bertz CT molecular complexity index is 526. The lowest BCUT2D eigenvalue weighted by molar-refractivity contribution is 0.539. The monoisotopic (exact) mass is 382 g/mol. The number of nitrogens with zero attached hydrogens (tertiary/aromatic N) is 1. The standard InChI is InChI=1S/C15H16Br2N2/c1-11(9-12-5-7-13(16)8-6-12)18-10-14-3-2-4-15(17)19-14/h2-8,11,18H,9-10H2,1H3. The number of nitrogens with one attached hydrogen (secondary N) is 1. The van der Waals surface area contributed by atoms with Gasteiger partial charge in [0, 0.05) is 17.1 Å². The minimum atomic E-state index is 0.418. The van der Waals surface area contributed by atoms with E-state index in [1.54, 1.807) is 0 Å². The van der Waals surface area contributed by atoms with Gasteiger partial charge in [-0.05, 0) is 59.1 Å². The predicted octanol–water partition coefficient (Wildman–Crippen LogP) is 4.33. The molecule has 0 aliphatic heterocycles. The maximum absolute atomic E-state index is 4.41. The van der Waals surface area contributed by atoms with Crippen molar-refractivity contribution in [2.45, 2.75) is 25.9 Å². The number of hydrogen-bond donors (Lipinski definition) is 1. The van der Waals surface area contributed by atoms with E-state index in [0.717, 1.165) is 27.7 Å². The van der Waals surface area contributed by atoms with Gasteiger partial charge in [0.1, 0.15) is 4.60 Å². The molecule has 1 heterocycles. The lowest BCUT2D eigenvalue weighted by Crippen LogP contribution is -2.27. The van der Waals surface area contributed by atoms with Crippen molar-refractivity contribution in [1.29, 1.82) is 0 Å². The van der Waals surface area contributed by atoms with Gasteiger partial charge in [0.15, 0.2) is 0 Å². The molecule has 0 saturated carbocycles. The lowest BCUT2D eigenvalue weighted by atomic mass is 10.1. The van der Waals surface area contributed by atoms with Crippen LogP contribution in [0.3, 0.4) is 0 Å². The van der Waals surface area contributed by atoms with Crippen molar-refractivity contribution >= 4 is 31.9 Å². The summed E-state index contributed by atoms with van der Waals surface area (Å²) in [5, 5.41) is 3.49. The van der Waals surface area contributed by atoms with Crippen LogP contribution in [0, 0.1) is 0 Å². The molecule has 1 aromatic carbocycles. The molecule has 0 aliphatic carbocycles. The fraction of sp³-hybridized carbons (Fsp3) is 0.267. The Kier molecular flexibility index (Phi) is 5.55. The van der Waals surface area contributed by atoms with Gasteiger partial charge in [-0.1, -0.05) is 34.1 Å². The average Bonchev–Trinajstić information content (AvgIpc) is 2.39. The Hall–Kier alpha value is -0.710. The van der Waals surface area contributed by atoms with Gasteiger partial charge in [-0.25, -0.2) is 4.98 Å². The molecule has 4 heteroatoms. The largest absolute Gasteiger partial charge is 0.308 e. The first-order chi connectivity index (χ1) is 9.13. The summed E-state index contributed by atoms with van der Waals surface area (Å²) in [4.78, 5) is 4.41. The van der Waals surface area contributed by atoms with E-state index in [-0.39, 0.29) is 0 Å². The molecular formula is C15H16Br2N2. The van der Waals surface area contributed by atoms with Gasteiger partial charge in [-0.3, -0.25) is 0 Å². The smallest absolute Gasteiger partial charge is 0.106 e. The van der Waals surface area contributed by atoms with Crippen LogP contribution in [-0.2, 0) is 13.0 Å². The summed E-state index contributed by atoms with van der Waals surface area (Å²) < 4.78 is 2.00.